The third kappa shape index (κ3) is 6.05. The van der Waals surface area contributed by atoms with Crippen LogP contribution in [-0.2, 0) is 18.3 Å². The Balaban J connectivity index is 1.61. The lowest BCUT2D eigenvalue weighted by Gasteiger charge is -2.36. The highest BCUT2D eigenvalue weighted by Crippen LogP contribution is 2.37. The summed E-state index contributed by atoms with van der Waals surface area (Å²) < 4.78 is 2.16. The number of piperidine rings is 1. The monoisotopic (exact) mass is 548 g/mol. The lowest BCUT2D eigenvalue weighted by atomic mass is 9.90. The molecule has 0 aliphatic carbocycles. The highest BCUT2D eigenvalue weighted by atomic mass is 32.2. The summed E-state index contributed by atoms with van der Waals surface area (Å²) in [5.74, 6) is 1.27. The SMILES string of the molecule is CCCCCCN1C(=O)/C(=C/c2c(C)c(C#N)c(=O)n(C)c2N2CCC(Cc3ccccc3)CC2)SC1=S. The van der Waals surface area contributed by atoms with Gasteiger partial charge in [0.2, 0.25) is 0 Å². The number of hydrogen-bond donors (Lipinski definition) is 0. The van der Waals surface area contributed by atoms with Crippen molar-refractivity contribution in [3.05, 3.63) is 67.8 Å². The third-order valence-electron chi connectivity index (χ3n) is 7.63. The highest BCUT2D eigenvalue weighted by molar-refractivity contribution is 8.26. The molecule has 6 nitrogen and oxygen atoms in total. The van der Waals surface area contributed by atoms with Crippen molar-refractivity contribution in [3.63, 3.8) is 0 Å². The number of carbonyl (C=O) groups is 1. The Labute approximate surface area is 235 Å². The van der Waals surface area contributed by atoms with Crippen molar-refractivity contribution in [2.75, 3.05) is 24.5 Å². The maximum Gasteiger partial charge on any atom is 0.270 e. The predicted molar refractivity (Wildman–Crippen MR) is 160 cm³/mol. The van der Waals surface area contributed by atoms with Gasteiger partial charge in [-0.1, -0.05) is 80.5 Å². The Bertz CT molecular complexity index is 1320. The lowest BCUT2D eigenvalue weighted by Crippen LogP contribution is -2.39. The first-order valence-corrected chi connectivity index (χ1v) is 14.8. The Morgan fingerprint density at radius 1 is 1.13 bits per heavy atom. The summed E-state index contributed by atoms with van der Waals surface area (Å²) in [6.45, 7) is 6.23. The average Bonchev–Trinajstić information content (AvgIpc) is 3.18. The first-order chi connectivity index (χ1) is 18.3. The van der Waals surface area contributed by atoms with Gasteiger partial charge in [0.1, 0.15) is 21.8 Å². The maximum absolute atomic E-state index is 13.3. The molecular formula is C30H36N4O2S2. The molecule has 2 saturated heterocycles. The van der Waals surface area contributed by atoms with Crippen LogP contribution in [0, 0.1) is 24.2 Å². The molecular weight excluding hydrogens is 512 g/mol. The van der Waals surface area contributed by atoms with E-state index in [1.165, 1.54) is 17.3 Å². The second-order valence-electron chi connectivity index (χ2n) is 10.2. The van der Waals surface area contributed by atoms with Crippen LogP contribution < -0.4 is 10.5 Å². The van der Waals surface area contributed by atoms with Crippen LogP contribution in [0.5, 0.6) is 0 Å². The molecule has 1 aromatic carbocycles. The quantitative estimate of drug-likeness (QED) is 0.224. The molecule has 200 valence electrons. The fourth-order valence-corrected chi connectivity index (χ4v) is 6.70. The van der Waals surface area contributed by atoms with Crippen molar-refractivity contribution in [1.29, 1.82) is 5.26 Å². The van der Waals surface area contributed by atoms with Gasteiger partial charge in [-0.15, -0.1) is 0 Å². The van der Waals surface area contributed by atoms with Crippen molar-refractivity contribution in [1.82, 2.24) is 9.47 Å². The minimum atomic E-state index is -0.299. The number of unbranched alkanes of at least 4 members (excludes halogenated alkanes) is 3. The molecule has 0 atom stereocenters. The van der Waals surface area contributed by atoms with E-state index >= 15 is 0 Å². The number of amides is 1. The molecule has 1 amide bonds. The molecule has 38 heavy (non-hydrogen) atoms. The van der Waals surface area contributed by atoms with E-state index in [-0.39, 0.29) is 17.0 Å². The van der Waals surface area contributed by atoms with E-state index in [0.717, 1.165) is 69.4 Å². The van der Waals surface area contributed by atoms with Crippen LogP contribution in [0.4, 0.5) is 5.82 Å². The van der Waals surface area contributed by atoms with Crippen LogP contribution >= 0.6 is 24.0 Å². The summed E-state index contributed by atoms with van der Waals surface area (Å²) in [4.78, 5) is 30.9. The number of aromatic nitrogens is 1. The topological polar surface area (TPSA) is 69.3 Å². The molecule has 0 spiro atoms. The van der Waals surface area contributed by atoms with Gasteiger partial charge < -0.3 is 4.90 Å². The maximum atomic E-state index is 13.3. The van der Waals surface area contributed by atoms with Gasteiger partial charge in [-0.25, -0.2) is 0 Å². The van der Waals surface area contributed by atoms with Crippen LogP contribution in [0.3, 0.4) is 0 Å². The summed E-state index contributed by atoms with van der Waals surface area (Å²) in [5.41, 5.74) is 2.55. The zero-order chi connectivity index (χ0) is 27.2. The highest BCUT2D eigenvalue weighted by Gasteiger charge is 2.33. The first-order valence-electron chi connectivity index (χ1n) is 13.5. The molecule has 8 heteroatoms. The molecule has 2 aromatic rings. The molecule has 2 aliphatic heterocycles. The molecule has 2 aliphatic rings. The molecule has 0 radical (unpaired) electrons. The van der Waals surface area contributed by atoms with E-state index in [0.29, 0.717) is 27.3 Å². The Hall–Kier alpha value is -2.89. The zero-order valence-corrected chi connectivity index (χ0v) is 24.2. The van der Waals surface area contributed by atoms with Crippen molar-refractivity contribution < 1.29 is 4.79 Å². The van der Waals surface area contributed by atoms with Crippen molar-refractivity contribution in [3.8, 4) is 6.07 Å². The van der Waals surface area contributed by atoms with Crippen LogP contribution in [0.15, 0.2) is 40.0 Å². The third-order valence-corrected chi connectivity index (χ3v) is 9.01. The number of nitrogens with zero attached hydrogens (tertiary/aromatic N) is 4. The van der Waals surface area contributed by atoms with Gasteiger partial charge in [0, 0.05) is 32.2 Å². The Kier molecular flexibility index (Phi) is 9.45. The van der Waals surface area contributed by atoms with Crippen LogP contribution in [0.1, 0.15) is 67.7 Å². The van der Waals surface area contributed by atoms with Gasteiger partial charge in [0.15, 0.2) is 0 Å². The largest absolute Gasteiger partial charge is 0.357 e. The summed E-state index contributed by atoms with van der Waals surface area (Å²) in [6, 6.07) is 12.7. The number of rotatable bonds is 9. The van der Waals surface area contributed by atoms with Gasteiger partial charge in [-0.2, -0.15) is 5.26 Å². The van der Waals surface area contributed by atoms with Crippen LogP contribution in [0.25, 0.3) is 6.08 Å². The molecule has 3 heterocycles. The molecule has 4 rings (SSSR count). The number of nitriles is 1. The van der Waals surface area contributed by atoms with Crippen molar-refractivity contribution in [2.45, 2.75) is 58.8 Å². The van der Waals surface area contributed by atoms with E-state index in [1.54, 1.807) is 16.5 Å². The molecule has 0 saturated carbocycles. The second-order valence-corrected chi connectivity index (χ2v) is 11.9. The van der Waals surface area contributed by atoms with E-state index < -0.39 is 0 Å². The molecule has 0 N–H and O–H groups in total. The van der Waals surface area contributed by atoms with Gasteiger partial charge in [0.25, 0.3) is 11.5 Å². The lowest BCUT2D eigenvalue weighted by molar-refractivity contribution is -0.122. The van der Waals surface area contributed by atoms with Gasteiger partial charge in [-0.3, -0.25) is 19.1 Å². The van der Waals surface area contributed by atoms with E-state index in [9.17, 15) is 14.9 Å². The molecule has 2 fully saturated rings. The number of benzene rings is 1. The number of anilines is 1. The van der Waals surface area contributed by atoms with E-state index in [2.05, 4.69) is 42.2 Å². The fraction of sp³-hybridized carbons (Fsp3) is 0.467. The summed E-state index contributed by atoms with van der Waals surface area (Å²) in [6.07, 6.45) is 9.21. The minimum absolute atomic E-state index is 0.0872. The zero-order valence-electron chi connectivity index (χ0n) is 22.5. The summed E-state index contributed by atoms with van der Waals surface area (Å²) >= 11 is 6.86. The van der Waals surface area contributed by atoms with Gasteiger partial charge >= 0.3 is 0 Å². The molecule has 0 unspecified atom stereocenters. The summed E-state index contributed by atoms with van der Waals surface area (Å²) in [5, 5.41) is 9.76. The van der Waals surface area contributed by atoms with E-state index in [4.69, 9.17) is 12.2 Å². The minimum Gasteiger partial charge on any atom is -0.357 e. The summed E-state index contributed by atoms with van der Waals surface area (Å²) in [7, 11) is 1.73. The van der Waals surface area contributed by atoms with Crippen LogP contribution in [0.2, 0.25) is 0 Å². The van der Waals surface area contributed by atoms with Gasteiger partial charge in [0.05, 0.1) is 4.91 Å². The van der Waals surface area contributed by atoms with Crippen molar-refractivity contribution >= 4 is 46.1 Å². The Morgan fingerprint density at radius 2 is 1.84 bits per heavy atom. The fourth-order valence-electron chi connectivity index (χ4n) is 5.41. The number of thioether (sulfide) groups is 1. The van der Waals surface area contributed by atoms with E-state index in [1.807, 2.05) is 19.1 Å². The predicted octanol–water partition coefficient (Wildman–Crippen LogP) is 5.81. The van der Waals surface area contributed by atoms with Crippen LogP contribution in [-0.4, -0.2) is 39.3 Å². The number of carbonyl (C=O) groups excluding carboxylic acids is 1. The second kappa shape index (κ2) is 12.8. The molecule has 1 aromatic heterocycles. The molecule has 0 bridgehead atoms. The Morgan fingerprint density at radius 3 is 2.50 bits per heavy atom. The number of hydrogen-bond acceptors (Lipinski definition) is 6. The smallest absolute Gasteiger partial charge is 0.270 e. The standard InChI is InChI=1S/C30H36N4O2S2/c1-4-5-6-10-15-34-29(36)26(38-30(34)37)19-24-21(2)25(20-31)28(35)32(3)27(24)33-16-13-23(14-17-33)18-22-11-8-7-9-12-22/h7-9,11-12,19,23H,4-6,10,13-18H2,1-3H3/b26-19-. The first kappa shape index (κ1) is 28.1. The average molecular weight is 549 g/mol. The normalized spacial score (nSPS) is 17.5. The number of pyridine rings is 1. The number of thiocarbonyl (C=S) groups is 1. The van der Waals surface area contributed by atoms with Gasteiger partial charge in [-0.05, 0) is 55.7 Å². The van der Waals surface area contributed by atoms with Crippen molar-refractivity contribution in [2.24, 2.45) is 13.0 Å².